The predicted octanol–water partition coefficient (Wildman–Crippen LogP) is 4.70. The molecule has 2 N–H and O–H groups in total. The normalized spacial score (nSPS) is 44.0. The zero-order chi connectivity index (χ0) is 16.8. The van der Waals surface area contributed by atoms with Gasteiger partial charge in [0.25, 0.3) is 0 Å². The molecule has 5 atom stereocenters. The van der Waals surface area contributed by atoms with Crippen molar-refractivity contribution < 1.29 is 10.2 Å². The van der Waals surface area contributed by atoms with Crippen LogP contribution >= 0.6 is 0 Å². The monoisotopic (exact) mass is 308 g/mol. The maximum Gasteiger partial charge on any atom is 0.0797 e. The zero-order valence-corrected chi connectivity index (χ0v) is 15.3. The van der Waals surface area contributed by atoms with Crippen molar-refractivity contribution in [1.82, 2.24) is 0 Å². The highest BCUT2D eigenvalue weighted by molar-refractivity contribution is 5.08. The lowest BCUT2D eigenvalue weighted by molar-refractivity contribution is -0.171. The first-order valence-corrected chi connectivity index (χ1v) is 9.03. The van der Waals surface area contributed by atoms with Gasteiger partial charge in [-0.05, 0) is 75.0 Å². The van der Waals surface area contributed by atoms with Crippen LogP contribution in [0.4, 0.5) is 0 Å². The Morgan fingerprint density at radius 3 is 2.41 bits per heavy atom. The van der Waals surface area contributed by atoms with Crippen LogP contribution in [0.3, 0.4) is 0 Å². The highest BCUT2D eigenvalue weighted by Crippen LogP contribution is 2.63. The molecule has 128 valence electrons. The van der Waals surface area contributed by atoms with Crippen LogP contribution in [0.1, 0.15) is 79.6 Å². The fourth-order valence-corrected chi connectivity index (χ4v) is 5.80. The zero-order valence-electron chi connectivity index (χ0n) is 15.3. The summed E-state index contributed by atoms with van der Waals surface area (Å²) in [4.78, 5) is 0. The molecule has 0 unspecified atom stereocenters. The maximum atomic E-state index is 11.1. The largest absolute Gasteiger partial charge is 0.390 e. The molecule has 2 saturated carbocycles. The number of hydrogen-bond donors (Lipinski definition) is 2. The molecule has 2 nitrogen and oxygen atoms in total. The summed E-state index contributed by atoms with van der Waals surface area (Å²) in [7, 11) is 0. The number of hydrogen-bond acceptors (Lipinski definition) is 2. The van der Waals surface area contributed by atoms with Crippen molar-refractivity contribution in [3.63, 3.8) is 0 Å². The van der Waals surface area contributed by atoms with E-state index in [0.717, 1.165) is 19.3 Å². The molecular weight excluding hydrogens is 272 g/mol. The van der Waals surface area contributed by atoms with Crippen LogP contribution in [0.25, 0.3) is 0 Å². The average Bonchev–Trinajstić information content (AvgIpc) is 2.35. The molecule has 0 aromatic rings. The van der Waals surface area contributed by atoms with E-state index in [1.165, 1.54) is 19.3 Å². The first-order chi connectivity index (χ1) is 9.95. The minimum Gasteiger partial charge on any atom is -0.390 e. The predicted molar refractivity (Wildman–Crippen MR) is 92.6 cm³/mol. The molecule has 0 radical (unpaired) electrons. The van der Waals surface area contributed by atoms with Gasteiger partial charge in [0.2, 0.25) is 0 Å². The van der Waals surface area contributed by atoms with Crippen LogP contribution in [0.2, 0.25) is 0 Å². The van der Waals surface area contributed by atoms with E-state index in [4.69, 9.17) is 0 Å². The summed E-state index contributed by atoms with van der Waals surface area (Å²) in [6.45, 7) is 14.8. The van der Waals surface area contributed by atoms with Crippen molar-refractivity contribution in [2.75, 3.05) is 0 Å². The fourth-order valence-electron chi connectivity index (χ4n) is 5.80. The molecule has 2 rings (SSSR count). The summed E-state index contributed by atoms with van der Waals surface area (Å²) in [5.74, 6) is 0.928. The van der Waals surface area contributed by atoms with Crippen LogP contribution < -0.4 is 0 Å². The third-order valence-corrected chi connectivity index (χ3v) is 7.14. The Bertz CT molecular complexity index is 421. The molecule has 0 bridgehead atoms. The lowest BCUT2D eigenvalue weighted by atomic mass is 9.45. The Labute approximate surface area is 137 Å². The van der Waals surface area contributed by atoms with E-state index < -0.39 is 11.2 Å². The topological polar surface area (TPSA) is 40.5 Å². The number of fused-ring (bicyclic) bond motifs is 1. The van der Waals surface area contributed by atoms with Gasteiger partial charge in [-0.1, -0.05) is 33.3 Å². The van der Waals surface area contributed by atoms with Gasteiger partial charge < -0.3 is 10.2 Å². The molecule has 2 aliphatic carbocycles. The third kappa shape index (κ3) is 3.14. The lowest BCUT2D eigenvalue weighted by Gasteiger charge is -2.61. The quantitative estimate of drug-likeness (QED) is 0.739. The molecule has 0 aromatic heterocycles. The second-order valence-corrected chi connectivity index (χ2v) is 9.45. The van der Waals surface area contributed by atoms with Crippen molar-refractivity contribution >= 4 is 0 Å². The average molecular weight is 309 g/mol. The SMILES string of the molecule is C=C[C@@](C)(O)CC[C@H]1[C@@]2(C)CCCC(C)(C)[C@@H]2CC[C@@]1(C)O. The maximum absolute atomic E-state index is 11.1. The summed E-state index contributed by atoms with van der Waals surface area (Å²) in [6.07, 6.45) is 8.96. The fraction of sp³-hybridized carbons (Fsp3) is 0.900. The van der Waals surface area contributed by atoms with E-state index in [2.05, 4.69) is 27.4 Å². The van der Waals surface area contributed by atoms with Gasteiger partial charge in [-0.25, -0.2) is 0 Å². The molecule has 22 heavy (non-hydrogen) atoms. The first kappa shape index (κ1) is 18.0. The number of rotatable bonds is 4. The van der Waals surface area contributed by atoms with Crippen LogP contribution in [0.15, 0.2) is 12.7 Å². The van der Waals surface area contributed by atoms with E-state index in [1.807, 2.05) is 13.8 Å². The van der Waals surface area contributed by atoms with Gasteiger partial charge in [0, 0.05) is 0 Å². The van der Waals surface area contributed by atoms with Gasteiger partial charge in [0.1, 0.15) is 0 Å². The van der Waals surface area contributed by atoms with Gasteiger partial charge in [0.05, 0.1) is 11.2 Å². The van der Waals surface area contributed by atoms with Gasteiger partial charge in [-0.3, -0.25) is 0 Å². The molecule has 0 heterocycles. The highest BCUT2D eigenvalue weighted by atomic mass is 16.3. The second-order valence-electron chi connectivity index (χ2n) is 9.45. The summed E-state index contributed by atoms with van der Waals surface area (Å²) >= 11 is 0. The Morgan fingerprint density at radius 2 is 1.82 bits per heavy atom. The summed E-state index contributed by atoms with van der Waals surface area (Å²) < 4.78 is 0. The molecule has 0 saturated heterocycles. The van der Waals surface area contributed by atoms with Gasteiger partial charge >= 0.3 is 0 Å². The first-order valence-electron chi connectivity index (χ1n) is 9.03. The Morgan fingerprint density at radius 1 is 1.18 bits per heavy atom. The molecular formula is C20H36O2. The Hall–Kier alpha value is -0.340. The summed E-state index contributed by atoms with van der Waals surface area (Å²) in [5, 5.41) is 21.4. The van der Waals surface area contributed by atoms with E-state index in [-0.39, 0.29) is 11.3 Å². The van der Waals surface area contributed by atoms with Crippen LogP contribution in [0.5, 0.6) is 0 Å². The molecule has 2 heteroatoms. The van der Waals surface area contributed by atoms with E-state index in [9.17, 15) is 10.2 Å². The Kier molecular flexibility index (Phi) is 4.61. The molecule has 0 aliphatic heterocycles. The highest BCUT2D eigenvalue weighted by Gasteiger charge is 2.57. The minimum atomic E-state index is -0.830. The lowest BCUT2D eigenvalue weighted by Crippen LogP contribution is -2.57. The number of aliphatic hydroxyl groups is 2. The second kappa shape index (κ2) is 5.63. The molecule has 2 aliphatic rings. The van der Waals surface area contributed by atoms with Crippen LogP contribution in [-0.2, 0) is 0 Å². The molecule has 0 amide bonds. The third-order valence-electron chi connectivity index (χ3n) is 7.14. The van der Waals surface area contributed by atoms with E-state index >= 15 is 0 Å². The van der Waals surface area contributed by atoms with Crippen LogP contribution in [0, 0.1) is 22.7 Å². The summed E-state index contributed by atoms with van der Waals surface area (Å²) in [6, 6.07) is 0. The van der Waals surface area contributed by atoms with E-state index in [0.29, 0.717) is 17.8 Å². The smallest absolute Gasteiger partial charge is 0.0797 e. The van der Waals surface area contributed by atoms with Crippen molar-refractivity contribution in [3.8, 4) is 0 Å². The van der Waals surface area contributed by atoms with E-state index in [1.54, 1.807) is 6.08 Å². The minimum absolute atomic E-state index is 0.181. The van der Waals surface area contributed by atoms with Gasteiger partial charge in [-0.15, -0.1) is 6.58 Å². The van der Waals surface area contributed by atoms with Crippen molar-refractivity contribution in [2.24, 2.45) is 22.7 Å². The molecule has 0 aromatic carbocycles. The van der Waals surface area contributed by atoms with Gasteiger partial charge in [0.15, 0.2) is 0 Å². The standard InChI is InChI=1S/C20H36O2/c1-7-18(4,21)13-9-16-19(5)12-8-11-17(2,3)15(19)10-14-20(16,6)22/h7,15-16,21-22H,1,8-14H2,2-6H3/t15-,16-,18+,19-,20+/m0/s1. The molecule has 0 spiro atoms. The van der Waals surface area contributed by atoms with Crippen LogP contribution in [-0.4, -0.2) is 21.4 Å². The Balaban J connectivity index is 2.28. The van der Waals surface area contributed by atoms with Crippen molar-refractivity contribution in [2.45, 2.75) is 90.8 Å². The summed E-state index contributed by atoms with van der Waals surface area (Å²) in [5.41, 5.74) is -0.900. The van der Waals surface area contributed by atoms with Crippen molar-refractivity contribution in [1.29, 1.82) is 0 Å². The molecule has 2 fully saturated rings. The van der Waals surface area contributed by atoms with Crippen molar-refractivity contribution in [3.05, 3.63) is 12.7 Å². The van der Waals surface area contributed by atoms with Gasteiger partial charge in [-0.2, -0.15) is 0 Å².